The maximum absolute atomic E-state index is 3.86. The first-order valence-electron chi connectivity index (χ1n) is 8.68. The van der Waals surface area contributed by atoms with E-state index in [0.29, 0.717) is 5.54 Å². The van der Waals surface area contributed by atoms with Crippen molar-refractivity contribution in [3.05, 3.63) is 0 Å². The minimum absolute atomic E-state index is 0.416. The van der Waals surface area contributed by atoms with Crippen molar-refractivity contribution in [1.82, 2.24) is 10.2 Å². The van der Waals surface area contributed by atoms with Crippen LogP contribution in [0.5, 0.6) is 0 Å². The van der Waals surface area contributed by atoms with Crippen molar-refractivity contribution in [2.24, 2.45) is 5.92 Å². The summed E-state index contributed by atoms with van der Waals surface area (Å²) >= 11 is 0. The van der Waals surface area contributed by atoms with Gasteiger partial charge in [0.15, 0.2) is 0 Å². The molecule has 19 heavy (non-hydrogen) atoms. The van der Waals surface area contributed by atoms with Gasteiger partial charge in [0.05, 0.1) is 0 Å². The van der Waals surface area contributed by atoms with E-state index in [9.17, 15) is 0 Å². The molecule has 1 saturated carbocycles. The van der Waals surface area contributed by atoms with Gasteiger partial charge in [-0.2, -0.15) is 0 Å². The second-order valence-electron chi connectivity index (χ2n) is 6.96. The molecule has 2 heteroatoms. The highest BCUT2D eigenvalue weighted by Crippen LogP contribution is 2.30. The number of nitrogens with zero attached hydrogens (tertiary/aromatic N) is 1. The monoisotopic (exact) mass is 266 g/mol. The van der Waals surface area contributed by atoms with Crippen molar-refractivity contribution in [3.8, 4) is 0 Å². The summed E-state index contributed by atoms with van der Waals surface area (Å²) in [6.07, 6.45) is 11.2. The van der Waals surface area contributed by atoms with Gasteiger partial charge in [-0.3, -0.25) is 4.90 Å². The Morgan fingerprint density at radius 3 is 2.37 bits per heavy atom. The summed E-state index contributed by atoms with van der Waals surface area (Å²) in [7, 11) is 0. The van der Waals surface area contributed by atoms with E-state index in [4.69, 9.17) is 0 Å². The summed E-state index contributed by atoms with van der Waals surface area (Å²) in [5.41, 5.74) is 0.416. The average Bonchev–Trinajstić information content (AvgIpc) is 2.74. The lowest BCUT2D eigenvalue weighted by atomic mass is 9.83. The zero-order valence-corrected chi connectivity index (χ0v) is 13.4. The second-order valence-corrected chi connectivity index (χ2v) is 6.96. The van der Waals surface area contributed by atoms with E-state index in [-0.39, 0.29) is 0 Å². The van der Waals surface area contributed by atoms with E-state index in [1.807, 2.05) is 0 Å². The van der Waals surface area contributed by atoms with Gasteiger partial charge < -0.3 is 5.32 Å². The van der Waals surface area contributed by atoms with Crippen LogP contribution in [0.2, 0.25) is 0 Å². The molecule has 0 aromatic rings. The van der Waals surface area contributed by atoms with Crippen LogP contribution in [0, 0.1) is 5.92 Å². The first-order valence-corrected chi connectivity index (χ1v) is 8.68. The molecule has 1 aliphatic heterocycles. The summed E-state index contributed by atoms with van der Waals surface area (Å²) in [5, 5.41) is 3.86. The van der Waals surface area contributed by atoms with Crippen molar-refractivity contribution in [2.45, 2.75) is 83.7 Å². The first kappa shape index (κ1) is 15.3. The molecule has 1 heterocycles. The van der Waals surface area contributed by atoms with Crippen LogP contribution in [0.25, 0.3) is 0 Å². The van der Waals surface area contributed by atoms with Crippen molar-refractivity contribution in [3.63, 3.8) is 0 Å². The Balaban J connectivity index is 2.01. The summed E-state index contributed by atoms with van der Waals surface area (Å²) in [4.78, 5) is 2.80. The van der Waals surface area contributed by atoms with Gasteiger partial charge in [-0.05, 0) is 58.0 Å². The molecule has 1 unspecified atom stereocenters. The van der Waals surface area contributed by atoms with Gasteiger partial charge in [-0.25, -0.2) is 0 Å². The molecule has 0 amide bonds. The Hall–Kier alpha value is -0.0800. The summed E-state index contributed by atoms with van der Waals surface area (Å²) in [6, 6.07) is 0.750. The molecule has 1 atom stereocenters. The maximum Gasteiger partial charge on any atom is 0.0223 e. The average molecular weight is 266 g/mol. The van der Waals surface area contributed by atoms with Gasteiger partial charge in [0.25, 0.3) is 0 Å². The SMILES string of the molecule is CCC(C)(CC)N1CCCNC(C2CCCCC2)C1. The zero-order chi connectivity index (χ0) is 13.7. The Morgan fingerprint density at radius 1 is 1.05 bits per heavy atom. The molecule has 2 aliphatic rings. The molecule has 2 fully saturated rings. The molecule has 0 radical (unpaired) electrons. The highest BCUT2D eigenvalue weighted by molar-refractivity contribution is 4.91. The van der Waals surface area contributed by atoms with Crippen LogP contribution in [0.3, 0.4) is 0 Å². The minimum atomic E-state index is 0.416. The van der Waals surface area contributed by atoms with Crippen molar-refractivity contribution in [2.75, 3.05) is 19.6 Å². The lowest BCUT2D eigenvalue weighted by molar-refractivity contribution is 0.0804. The number of hydrogen-bond donors (Lipinski definition) is 1. The molecule has 0 bridgehead atoms. The van der Waals surface area contributed by atoms with Crippen LogP contribution in [0.4, 0.5) is 0 Å². The lowest BCUT2D eigenvalue weighted by Gasteiger charge is -2.42. The quantitative estimate of drug-likeness (QED) is 0.832. The molecule has 0 aromatic carbocycles. The van der Waals surface area contributed by atoms with Gasteiger partial charge in [0.2, 0.25) is 0 Å². The molecule has 2 rings (SSSR count). The summed E-state index contributed by atoms with van der Waals surface area (Å²) in [5.74, 6) is 0.937. The molecule has 1 saturated heterocycles. The predicted octanol–water partition coefficient (Wildman–Crippen LogP) is 3.81. The summed E-state index contributed by atoms with van der Waals surface area (Å²) in [6.45, 7) is 11.0. The Labute approximate surface area is 120 Å². The van der Waals surface area contributed by atoms with Gasteiger partial charge in [-0.15, -0.1) is 0 Å². The van der Waals surface area contributed by atoms with E-state index in [1.54, 1.807) is 0 Å². The zero-order valence-electron chi connectivity index (χ0n) is 13.4. The van der Waals surface area contributed by atoms with Gasteiger partial charge in [0, 0.05) is 18.1 Å². The van der Waals surface area contributed by atoms with E-state index in [0.717, 1.165) is 12.0 Å². The van der Waals surface area contributed by atoms with E-state index in [1.165, 1.54) is 71.0 Å². The number of rotatable bonds is 4. The van der Waals surface area contributed by atoms with E-state index in [2.05, 4.69) is 31.0 Å². The largest absolute Gasteiger partial charge is 0.312 e. The topological polar surface area (TPSA) is 15.3 Å². The van der Waals surface area contributed by atoms with Crippen LogP contribution < -0.4 is 5.32 Å². The maximum atomic E-state index is 3.86. The Bertz CT molecular complexity index is 254. The van der Waals surface area contributed by atoms with E-state index < -0.39 is 0 Å². The number of hydrogen-bond acceptors (Lipinski definition) is 2. The van der Waals surface area contributed by atoms with Crippen molar-refractivity contribution < 1.29 is 0 Å². The fourth-order valence-corrected chi connectivity index (χ4v) is 3.99. The molecular formula is C17H34N2. The fraction of sp³-hybridized carbons (Fsp3) is 1.00. The Kier molecular flexibility index (Phi) is 5.70. The third-order valence-electron chi connectivity index (χ3n) is 5.93. The van der Waals surface area contributed by atoms with Crippen LogP contribution in [-0.4, -0.2) is 36.1 Å². The molecule has 1 aliphatic carbocycles. The third-order valence-corrected chi connectivity index (χ3v) is 5.93. The highest BCUT2D eigenvalue weighted by atomic mass is 15.2. The molecule has 0 spiro atoms. The van der Waals surface area contributed by atoms with Crippen molar-refractivity contribution >= 4 is 0 Å². The first-order chi connectivity index (χ1) is 9.19. The molecule has 2 nitrogen and oxygen atoms in total. The smallest absolute Gasteiger partial charge is 0.0223 e. The van der Waals surface area contributed by atoms with Crippen LogP contribution in [-0.2, 0) is 0 Å². The Morgan fingerprint density at radius 2 is 1.74 bits per heavy atom. The molecule has 0 aromatic heterocycles. The van der Waals surface area contributed by atoms with Crippen LogP contribution >= 0.6 is 0 Å². The summed E-state index contributed by atoms with van der Waals surface area (Å²) < 4.78 is 0. The van der Waals surface area contributed by atoms with Crippen molar-refractivity contribution in [1.29, 1.82) is 0 Å². The highest BCUT2D eigenvalue weighted by Gasteiger charge is 2.33. The third kappa shape index (κ3) is 3.72. The fourth-order valence-electron chi connectivity index (χ4n) is 3.99. The standard InChI is InChI=1S/C17H34N2/c1-4-17(3,5-2)19-13-9-12-18-16(14-19)15-10-7-6-8-11-15/h15-16,18H,4-14H2,1-3H3. The lowest BCUT2D eigenvalue weighted by Crippen LogP contribution is -2.51. The van der Waals surface area contributed by atoms with Crippen LogP contribution in [0.15, 0.2) is 0 Å². The molecule has 1 N–H and O–H groups in total. The second kappa shape index (κ2) is 7.08. The van der Waals surface area contributed by atoms with Crippen LogP contribution in [0.1, 0.15) is 72.1 Å². The molecular weight excluding hydrogens is 232 g/mol. The number of nitrogens with one attached hydrogen (secondary N) is 1. The minimum Gasteiger partial charge on any atom is -0.312 e. The van der Waals surface area contributed by atoms with Gasteiger partial charge in [0.1, 0.15) is 0 Å². The molecule has 112 valence electrons. The van der Waals surface area contributed by atoms with E-state index >= 15 is 0 Å². The van der Waals surface area contributed by atoms with Gasteiger partial charge in [-0.1, -0.05) is 33.1 Å². The normalized spacial score (nSPS) is 28.3. The predicted molar refractivity (Wildman–Crippen MR) is 83.5 cm³/mol. The van der Waals surface area contributed by atoms with Gasteiger partial charge >= 0.3 is 0 Å².